The summed E-state index contributed by atoms with van der Waals surface area (Å²) in [7, 11) is 0. The normalized spacial score (nSPS) is 16.9. The van der Waals surface area contributed by atoms with Gasteiger partial charge in [-0.2, -0.15) is 0 Å². The van der Waals surface area contributed by atoms with E-state index < -0.39 is 0 Å². The number of fused-ring (bicyclic) bond motifs is 1. The minimum atomic E-state index is -0.314. The van der Waals surface area contributed by atoms with Crippen LogP contribution in [0.2, 0.25) is 10.0 Å². The van der Waals surface area contributed by atoms with Crippen LogP contribution in [0.25, 0.3) is 0 Å². The van der Waals surface area contributed by atoms with Gasteiger partial charge in [-0.05, 0) is 48.7 Å². The summed E-state index contributed by atoms with van der Waals surface area (Å²) in [6.07, 6.45) is 3.92. The van der Waals surface area contributed by atoms with E-state index in [0.29, 0.717) is 48.1 Å². The molecule has 0 spiro atoms. The number of nitrogens with one attached hydrogen (secondary N) is 1. The molecule has 2 aromatic rings. The molecule has 0 saturated carbocycles. The summed E-state index contributed by atoms with van der Waals surface area (Å²) in [5, 5.41) is 3.60. The maximum absolute atomic E-state index is 12.5. The van der Waals surface area contributed by atoms with Crippen molar-refractivity contribution in [2.75, 3.05) is 18.4 Å². The highest BCUT2D eigenvalue weighted by Gasteiger charge is 2.32. The van der Waals surface area contributed by atoms with Gasteiger partial charge in [-0.3, -0.25) is 9.59 Å². The van der Waals surface area contributed by atoms with E-state index in [9.17, 15) is 14.4 Å². The molecule has 160 valence electrons. The standard InChI is InChI=1S/C23H21Cl2N3O3/c24-18-6-5-15(13-19(18)25)21(29)7-8-22(30)27-11-9-17(10-12-27)28-14-16-3-1-2-4-20(16)26-23(28)31/h1-8,13,17H,9-12,14H2,(H,26,31). The van der Waals surface area contributed by atoms with E-state index in [2.05, 4.69) is 5.32 Å². The molecule has 1 saturated heterocycles. The van der Waals surface area contributed by atoms with E-state index in [1.807, 2.05) is 29.2 Å². The molecule has 2 aliphatic rings. The molecule has 0 radical (unpaired) electrons. The first-order chi connectivity index (χ1) is 14.9. The summed E-state index contributed by atoms with van der Waals surface area (Å²) in [5.41, 5.74) is 2.31. The van der Waals surface area contributed by atoms with Crippen molar-refractivity contribution in [3.63, 3.8) is 0 Å². The fourth-order valence-electron chi connectivity index (χ4n) is 3.91. The Balaban J connectivity index is 1.33. The second-order valence-corrected chi connectivity index (χ2v) is 8.41. The smallest absolute Gasteiger partial charge is 0.322 e. The highest BCUT2D eigenvalue weighted by molar-refractivity contribution is 6.42. The molecular formula is C23H21Cl2N3O3. The van der Waals surface area contributed by atoms with Gasteiger partial charge in [0.2, 0.25) is 5.91 Å². The first-order valence-corrected chi connectivity index (χ1v) is 10.8. The van der Waals surface area contributed by atoms with Crippen LogP contribution in [0.3, 0.4) is 0 Å². The Morgan fingerprint density at radius 3 is 2.48 bits per heavy atom. The van der Waals surface area contributed by atoms with Crippen LogP contribution in [-0.4, -0.2) is 46.7 Å². The van der Waals surface area contributed by atoms with E-state index in [4.69, 9.17) is 23.2 Å². The lowest BCUT2D eigenvalue weighted by atomic mass is 10.0. The Bertz CT molecular complexity index is 1060. The lowest BCUT2D eigenvalue weighted by molar-refractivity contribution is -0.127. The number of benzene rings is 2. The molecule has 2 heterocycles. The van der Waals surface area contributed by atoms with E-state index in [1.165, 1.54) is 18.2 Å². The predicted molar refractivity (Wildman–Crippen MR) is 121 cm³/mol. The van der Waals surface area contributed by atoms with E-state index in [-0.39, 0.29) is 23.8 Å². The number of para-hydroxylation sites is 1. The number of nitrogens with zero attached hydrogens (tertiary/aromatic N) is 2. The molecule has 4 rings (SSSR count). The van der Waals surface area contributed by atoms with Gasteiger partial charge in [0.15, 0.2) is 5.78 Å². The molecule has 0 aromatic heterocycles. The molecule has 0 atom stereocenters. The number of anilines is 1. The van der Waals surface area contributed by atoms with Gasteiger partial charge in [-0.15, -0.1) is 0 Å². The number of likely N-dealkylation sites (tertiary alicyclic amines) is 1. The van der Waals surface area contributed by atoms with E-state index in [0.717, 1.165) is 11.3 Å². The summed E-state index contributed by atoms with van der Waals surface area (Å²) in [6, 6.07) is 12.3. The fourth-order valence-corrected chi connectivity index (χ4v) is 4.21. The van der Waals surface area contributed by atoms with Crippen LogP contribution in [0.5, 0.6) is 0 Å². The van der Waals surface area contributed by atoms with Gasteiger partial charge in [0.1, 0.15) is 0 Å². The maximum atomic E-state index is 12.5. The third kappa shape index (κ3) is 4.75. The molecule has 0 aliphatic carbocycles. The number of piperidine rings is 1. The summed E-state index contributed by atoms with van der Waals surface area (Å²) < 4.78 is 0. The zero-order valence-electron chi connectivity index (χ0n) is 16.7. The average molecular weight is 458 g/mol. The molecule has 2 aliphatic heterocycles. The molecule has 0 unspecified atom stereocenters. The number of ketones is 1. The van der Waals surface area contributed by atoms with Crippen molar-refractivity contribution in [1.82, 2.24) is 9.80 Å². The monoisotopic (exact) mass is 457 g/mol. The summed E-state index contributed by atoms with van der Waals surface area (Å²) in [6.45, 7) is 1.62. The number of allylic oxidation sites excluding steroid dienone is 1. The third-order valence-electron chi connectivity index (χ3n) is 5.66. The first kappa shape index (κ1) is 21.4. The van der Waals surface area contributed by atoms with Crippen molar-refractivity contribution < 1.29 is 14.4 Å². The highest BCUT2D eigenvalue weighted by Crippen LogP contribution is 2.27. The van der Waals surface area contributed by atoms with Gasteiger partial charge >= 0.3 is 6.03 Å². The number of carbonyl (C=O) groups is 3. The Kier molecular flexibility index (Phi) is 6.30. The number of rotatable bonds is 4. The summed E-state index contributed by atoms with van der Waals surface area (Å²) >= 11 is 11.8. The van der Waals surface area contributed by atoms with Crippen LogP contribution in [0, 0.1) is 0 Å². The average Bonchev–Trinajstić information content (AvgIpc) is 2.78. The molecule has 6 nitrogen and oxygen atoms in total. The number of halogens is 2. The molecule has 2 aromatic carbocycles. The number of carbonyl (C=O) groups excluding carboxylic acids is 3. The van der Waals surface area contributed by atoms with Crippen LogP contribution in [0.4, 0.5) is 10.5 Å². The topological polar surface area (TPSA) is 69.7 Å². The van der Waals surface area contributed by atoms with Crippen molar-refractivity contribution in [2.45, 2.75) is 25.4 Å². The predicted octanol–water partition coefficient (Wildman–Crippen LogP) is 4.77. The summed E-state index contributed by atoms with van der Waals surface area (Å²) in [5.74, 6) is -0.536. The maximum Gasteiger partial charge on any atom is 0.322 e. The number of hydrogen-bond acceptors (Lipinski definition) is 3. The lowest BCUT2D eigenvalue weighted by Gasteiger charge is -2.40. The quantitative estimate of drug-likeness (QED) is 0.530. The zero-order valence-corrected chi connectivity index (χ0v) is 18.2. The molecule has 1 fully saturated rings. The highest BCUT2D eigenvalue weighted by atomic mass is 35.5. The van der Waals surface area contributed by atoms with Gasteiger partial charge in [-0.1, -0.05) is 41.4 Å². The number of amides is 3. The first-order valence-electron chi connectivity index (χ1n) is 10.0. The van der Waals surface area contributed by atoms with Gasteiger partial charge < -0.3 is 15.1 Å². The van der Waals surface area contributed by atoms with Crippen molar-refractivity contribution in [2.24, 2.45) is 0 Å². The number of urea groups is 1. The Labute approximate surface area is 190 Å². The fraction of sp³-hybridized carbons (Fsp3) is 0.261. The second-order valence-electron chi connectivity index (χ2n) is 7.60. The Morgan fingerprint density at radius 2 is 1.74 bits per heavy atom. The second kappa shape index (κ2) is 9.12. The molecule has 8 heteroatoms. The molecule has 31 heavy (non-hydrogen) atoms. The minimum Gasteiger partial charge on any atom is -0.339 e. The van der Waals surface area contributed by atoms with E-state index in [1.54, 1.807) is 17.0 Å². The van der Waals surface area contributed by atoms with Crippen LogP contribution in [0.1, 0.15) is 28.8 Å². The van der Waals surface area contributed by atoms with E-state index >= 15 is 0 Å². The molecule has 3 amide bonds. The number of hydrogen-bond donors (Lipinski definition) is 1. The van der Waals surface area contributed by atoms with Gasteiger partial charge in [0.25, 0.3) is 0 Å². The van der Waals surface area contributed by atoms with Crippen LogP contribution in [0.15, 0.2) is 54.6 Å². The molecule has 1 N–H and O–H groups in total. The van der Waals surface area contributed by atoms with Crippen molar-refractivity contribution in [3.8, 4) is 0 Å². The van der Waals surface area contributed by atoms with Crippen molar-refractivity contribution in [1.29, 1.82) is 0 Å². The summed E-state index contributed by atoms with van der Waals surface area (Å²) in [4.78, 5) is 40.8. The Morgan fingerprint density at radius 1 is 1.00 bits per heavy atom. The van der Waals surface area contributed by atoms with Gasteiger partial charge in [0, 0.05) is 43.0 Å². The minimum absolute atomic E-state index is 0.0687. The third-order valence-corrected chi connectivity index (χ3v) is 6.40. The Hall–Kier alpha value is -2.83. The van der Waals surface area contributed by atoms with Crippen molar-refractivity contribution >= 4 is 46.6 Å². The van der Waals surface area contributed by atoms with Crippen LogP contribution < -0.4 is 5.32 Å². The van der Waals surface area contributed by atoms with Crippen LogP contribution in [-0.2, 0) is 11.3 Å². The van der Waals surface area contributed by atoms with Gasteiger partial charge in [0.05, 0.1) is 10.0 Å². The van der Waals surface area contributed by atoms with Crippen molar-refractivity contribution in [3.05, 3.63) is 75.8 Å². The zero-order chi connectivity index (χ0) is 22.0. The SMILES string of the molecule is O=C(C=CC(=O)N1CCC(N2Cc3ccccc3NC2=O)CC1)c1ccc(Cl)c(Cl)c1. The van der Waals surface area contributed by atoms with Crippen LogP contribution >= 0.6 is 23.2 Å². The molecule has 0 bridgehead atoms. The lowest BCUT2D eigenvalue weighted by Crippen LogP contribution is -2.50. The van der Waals surface area contributed by atoms with Gasteiger partial charge in [-0.25, -0.2) is 4.79 Å². The largest absolute Gasteiger partial charge is 0.339 e. The molecular weight excluding hydrogens is 437 g/mol.